The smallest absolute Gasteiger partial charge is 0.241 e. The molecule has 0 aliphatic heterocycles. The lowest BCUT2D eigenvalue weighted by Crippen LogP contribution is -2.05. The van der Waals surface area contributed by atoms with Gasteiger partial charge in [-0.1, -0.05) is 0 Å². The molecule has 0 aromatic heterocycles. The van der Waals surface area contributed by atoms with Gasteiger partial charge >= 0.3 is 0 Å². The summed E-state index contributed by atoms with van der Waals surface area (Å²) in [6.45, 7) is 0. The van der Waals surface area contributed by atoms with Crippen LogP contribution in [0.5, 0.6) is 17.2 Å². The van der Waals surface area contributed by atoms with E-state index in [9.17, 15) is 4.79 Å². The Balaban J connectivity index is 3.28. The lowest BCUT2D eigenvalue weighted by Gasteiger charge is -2.13. The Morgan fingerprint density at radius 3 is 2.24 bits per heavy atom. The number of benzene rings is 1. The van der Waals surface area contributed by atoms with Crippen molar-refractivity contribution in [3.8, 4) is 17.2 Å². The largest absolute Gasteiger partial charge is 0.493 e. The summed E-state index contributed by atoms with van der Waals surface area (Å²) in [7, 11) is 4.57. The van der Waals surface area contributed by atoms with Crippen molar-refractivity contribution in [1.82, 2.24) is 0 Å². The maximum absolute atomic E-state index is 10.7. The van der Waals surface area contributed by atoms with Crippen LogP contribution in [0.15, 0.2) is 18.2 Å². The fourth-order valence-corrected chi connectivity index (χ4v) is 1.43. The highest BCUT2D eigenvalue weighted by Gasteiger charge is 2.13. The molecule has 1 amide bonds. The molecule has 17 heavy (non-hydrogen) atoms. The van der Waals surface area contributed by atoms with E-state index in [-0.39, 0.29) is 0 Å². The Bertz CT molecular complexity index is 440. The van der Waals surface area contributed by atoms with Crippen molar-refractivity contribution in [3.05, 3.63) is 23.8 Å². The maximum Gasteiger partial charge on any atom is 0.241 e. The molecule has 1 aromatic rings. The van der Waals surface area contributed by atoms with Crippen LogP contribution in [0.1, 0.15) is 5.56 Å². The van der Waals surface area contributed by atoms with E-state index in [2.05, 4.69) is 0 Å². The number of rotatable bonds is 5. The van der Waals surface area contributed by atoms with E-state index in [0.717, 1.165) is 0 Å². The predicted octanol–water partition coefficient (Wildman–Crippen LogP) is 1.21. The Morgan fingerprint density at radius 1 is 1.12 bits per heavy atom. The van der Waals surface area contributed by atoms with Gasteiger partial charge in [-0.3, -0.25) is 4.79 Å². The molecule has 1 rings (SSSR count). The van der Waals surface area contributed by atoms with E-state index in [4.69, 9.17) is 19.9 Å². The van der Waals surface area contributed by atoms with Crippen molar-refractivity contribution in [1.29, 1.82) is 0 Å². The number of carbonyl (C=O) groups excluding carboxylic acids is 1. The second-order valence-corrected chi connectivity index (χ2v) is 3.16. The molecule has 2 N–H and O–H groups in total. The van der Waals surface area contributed by atoms with Gasteiger partial charge in [0.15, 0.2) is 11.5 Å². The van der Waals surface area contributed by atoms with Gasteiger partial charge in [0.1, 0.15) is 0 Å². The van der Waals surface area contributed by atoms with Crippen molar-refractivity contribution in [2.75, 3.05) is 21.3 Å². The molecular weight excluding hydrogens is 222 g/mol. The van der Waals surface area contributed by atoms with E-state index in [0.29, 0.717) is 22.8 Å². The van der Waals surface area contributed by atoms with Crippen LogP contribution in [0.4, 0.5) is 0 Å². The van der Waals surface area contributed by atoms with Gasteiger partial charge < -0.3 is 19.9 Å². The number of amides is 1. The lowest BCUT2D eigenvalue weighted by atomic mass is 10.1. The van der Waals surface area contributed by atoms with Crippen molar-refractivity contribution in [2.45, 2.75) is 0 Å². The second-order valence-electron chi connectivity index (χ2n) is 3.16. The van der Waals surface area contributed by atoms with Crippen molar-refractivity contribution < 1.29 is 19.0 Å². The monoisotopic (exact) mass is 237 g/mol. The van der Waals surface area contributed by atoms with E-state index in [1.807, 2.05) is 0 Å². The van der Waals surface area contributed by atoms with Crippen LogP contribution in [0.2, 0.25) is 0 Å². The Kier molecular flexibility index (Phi) is 4.39. The van der Waals surface area contributed by atoms with E-state index in [1.54, 1.807) is 18.2 Å². The fraction of sp³-hybridized carbons (Fsp3) is 0.250. The summed E-state index contributed by atoms with van der Waals surface area (Å²) >= 11 is 0. The Labute approximate surface area is 99.8 Å². The first kappa shape index (κ1) is 12.9. The number of hydrogen-bond donors (Lipinski definition) is 1. The van der Waals surface area contributed by atoms with Crippen molar-refractivity contribution in [3.63, 3.8) is 0 Å². The minimum Gasteiger partial charge on any atom is -0.493 e. The third-order valence-corrected chi connectivity index (χ3v) is 2.16. The van der Waals surface area contributed by atoms with Crippen LogP contribution in [0, 0.1) is 0 Å². The minimum atomic E-state index is -0.526. The van der Waals surface area contributed by atoms with Crippen LogP contribution in [0.25, 0.3) is 6.08 Å². The zero-order chi connectivity index (χ0) is 12.8. The zero-order valence-corrected chi connectivity index (χ0v) is 10.0. The first-order valence-electron chi connectivity index (χ1n) is 4.90. The number of carbonyl (C=O) groups is 1. The summed E-state index contributed by atoms with van der Waals surface area (Å²) in [4.78, 5) is 10.7. The van der Waals surface area contributed by atoms with Crippen molar-refractivity contribution in [2.24, 2.45) is 5.73 Å². The minimum absolute atomic E-state index is 0.474. The van der Waals surface area contributed by atoms with Crippen LogP contribution in [0.3, 0.4) is 0 Å². The highest BCUT2D eigenvalue weighted by molar-refractivity contribution is 5.91. The third-order valence-electron chi connectivity index (χ3n) is 2.16. The van der Waals surface area contributed by atoms with Gasteiger partial charge in [0, 0.05) is 11.6 Å². The molecule has 92 valence electrons. The number of hydrogen-bond acceptors (Lipinski definition) is 4. The molecule has 0 atom stereocenters. The molecule has 0 radical (unpaired) electrons. The van der Waals surface area contributed by atoms with Gasteiger partial charge in [0.25, 0.3) is 0 Å². The lowest BCUT2D eigenvalue weighted by molar-refractivity contribution is -0.113. The first-order valence-corrected chi connectivity index (χ1v) is 4.90. The van der Waals surface area contributed by atoms with Gasteiger partial charge in [-0.05, 0) is 18.2 Å². The molecule has 0 unspecified atom stereocenters. The predicted molar refractivity (Wildman–Crippen MR) is 64.3 cm³/mol. The van der Waals surface area contributed by atoms with Gasteiger partial charge in [-0.15, -0.1) is 0 Å². The molecular formula is C12H15NO4. The number of nitrogens with two attached hydrogens (primary N) is 1. The molecule has 0 saturated heterocycles. The third kappa shape index (κ3) is 2.90. The summed E-state index contributed by atoms with van der Waals surface area (Å²) in [5.74, 6) is 0.994. The molecule has 0 heterocycles. The van der Waals surface area contributed by atoms with E-state index in [1.165, 1.54) is 27.4 Å². The number of ether oxygens (including phenoxy) is 3. The standard InChI is InChI=1S/C12H15NO4/c1-15-9-6-4-8(5-7-10(13)14)11(16-2)12(9)17-3/h4-7H,1-3H3,(H2,13,14)/b7-5-. The highest BCUT2D eigenvalue weighted by Crippen LogP contribution is 2.40. The molecule has 0 spiro atoms. The molecule has 0 saturated carbocycles. The molecule has 1 aromatic carbocycles. The first-order chi connectivity index (χ1) is 8.13. The Hall–Kier alpha value is -2.17. The van der Waals surface area contributed by atoms with Crippen LogP contribution >= 0.6 is 0 Å². The molecule has 0 bridgehead atoms. The molecule has 0 aliphatic carbocycles. The maximum atomic E-state index is 10.7. The molecule has 0 fully saturated rings. The van der Waals surface area contributed by atoms with Crippen LogP contribution in [-0.4, -0.2) is 27.2 Å². The quantitative estimate of drug-likeness (QED) is 0.781. The SMILES string of the molecule is COc1ccc(/C=C\C(N)=O)c(OC)c1OC. The van der Waals surface area contributed by atoms with Gasteiger partial charge in [0.2, 0.25) is 11.7 Å². The van der Waals surface area contributed by atoms with Crippen LogP contribution in [-0.2, 0) is 4.79 Å². The average molecular weight is 237 g/mol. The van der Waals surface area contributed by atoms with Gasteiger partial charge in [-0.25, -0.2) is 0 Å². The highest BCUT2D eigenvalue weighted by atomic mass is 16.5. The zero-order valence-electron chi connectivity index (χ0n) is 10.0. The average Bonchev–Trinajstić information content (AvgIpc) is 2.34. The van der Waals surface area contributed by atoms with Gasteiger partial charge in [0.05, 0.1) is 21.3 Å². The summed E-state index contributed by atoms with van der Waals surface area (Å²) in [5.41, 5.74) is 5.72. The van der Waals surface area contributed by atoms with Crippen molar-refractivity contribution >= 4 is 12.0 Å². The van der Waals surface area contributed by atoms with Crippen LogP contribution < -0.4 is 19.9 Å². The second kappa shape index (κ2) is 5.79. The van der Waals surface area contributed by atoms with Gasteiger partial charge in [-0.2, -0.15) is 0 Å². The molecule has 0 aliphatic rings. The summed E-state index contributed by atoms with van der Waals surface area (Å²) in [6.07, 6.45) is 2.81. The Morgan fingerprint density at radius 2 is 1.76 bits per heavy atom. The fourth-order valence-electron chi connectivity index (χ4n) is 1.43. The number of primary amides is 1. The molecule has 5 heteroatoms. The summed E-state index contributed by atoms with van der Waals surface area (Å²) in [5, 5.41) is 0. The number of methoxy groups -OCH3 is 3. The summed E-state index contributed by atoms with van der Waals surface area (Å²) < 4.78 is 15.6. The molecule has 5 nitrogen and oxygen atoms in total. The topological polar surface area (TPSA) is 70.8 Å². The van der Waals surface area contributed by atoms with E-state index >= 15 is 0 Å². The normalized spacial score (nSPS) is 10.3. The van der Waals surface area contributed by atoms with E-state index < -0.39 is 5.91 Å². The summed E-state index contributed by atoms with van der Waals surface area (Å²) in [6, 6.07) is 3.47.